The molecule has 0 bridgehead atoms. The Hall–Kier alpha value is -2.01. The molecule has 0 aliphatic heterocycles. The molecule has 0 aliphatic rings. The van der Waals surface area contributed by atoms with Gasteiger partial charge in [-0.25, -0.2) is 4.98 Å². The van der Waals surface area contributed by atoms with Crippen molar-refractivity contribution in [3.05, 3.63) is 70.1 Å². The van der Waals surface area contributed by atoms with Gasteiger partial charge < -0.3 is 14.8 Å². The quantitative estimate of drug-likeness (QED) is 0.730. The van der Waals surface area contributed by atoms with E-state index in [-0.39, 0.29) is 0 Å². The van der Waals surface area contributed by atoms with E-state index in [1.807, 2.05) is 24.3 Å². The third kappa shape index (κ3) is 3.34. The van der Waals surface area contributed by atoms with Crippen LogP contribution in [0.1, 0.15) is 17.5 Å². The lowest BCUT2D eigenvalue weighted by molar-refractivity contribution is 0.211. The minimum atomic E-state index is -0.913. The lowest BCUT2D eigenvalue weighted by atomic mass is 10.1. The fourth-order valence-electron chi connectivity index (χ4n) is 2.25. The minimum Gasteiger partial charge on any atom is -0.497 e. The molecule has 1 aromatic heterocycles. The SMILES string of the molecule is COc1cccc(-c2cnc(C(O)c3ccc(Cl)c(Cl)c3)[nH]2)c1. The first-order valence-electron chi connectivity index (χ1n) is 6.91. The van der Waals surface area contributed by atoms with Crippen LogP contribution in [-0.4, -0.2) is 22.2 Å². The zero-order chi connectivity index (χ0) is 16.4. The van der Waals surface area contributed by atoms with Gasteiger partial charge in [0.2, 0.25) is 0 Å². The number of halogens is 2. The standard InChI is InChI=1S/C17H14Cl2N2O2/c1-23-12-4-2-3-10(7-12)15-9-20-17(21-15)16(22)11-5-6-13(18)14(19)8-11/h2-9,16,22H,1H3,(H,20,21). The van der Waals surface area contributed by atoms with Crippen LogP contribution in [0.25, 0.3) is 11.3 Å². The molecule has 0 aliphatic carbocycles. The molecular weight excluding hydrogens is 335 g/mol. The van der Waals surface area contributed by atoms with Gasteiger partial charge in [0.15, 0.2) is 0 Å². The number of aromatic amines is 1. The summed E-state index contributed by atoms with van der Waals surface area (Å²) in [6, 6.07) is 12.6. The molecule has 1 heterocycles. The fourth-order valence-corrected chi connectivity index (χ4v) is 2.56. The Morgan fingerprint density at radius 2 is 1.96 bits per heavy atom. The highest BCUT2D eigenvalue weighted by molar-refractivity contribution is 6.42. The monoisotopic (exact) mass is 348 g/mol. The van der Waals surface area contributed by atoms with E-state index >= 15 is 0 Å². The molecule has 6 heteroatoms. The summed E-state index contributed by atoms with van der Waals surface area (Å²) in [5.74, 6) is 1.19. The van der Waals surface area contributed by atoms with Crippen molar-refractivity contribution in [3.8, 4) is 17.0 Å². The van der Waals surface area contributed by atoms with Crippen LogP contribution in [0.5, 0.6) is 5.75 Å². The molecule has 2 N–H and O–H groups in total. The lowest BCUT2D eigenvalue weighted by Crippen LogP contribution is -2.02. The molecule has 4 nitrogen and oxygen atoms in total. The number of aliphatic hydroxyl groups excluding tert-OH is 1. The molecule has 2 aromatic carbocycles. The van der Waals surface area contributed by atoms with Crippen molar-refractivity contribution < 1.29 is 9.84 Å². The molecule has 0 fully saturated rings. The maximum atomic E-state index is 10.4. The number of aliphatic hydroxyl groups is 1. The van der Waals surface area contributed by atoms with E-state index in [0.29, 0.717) is 21.4 Å². The maximum Gasteiger partial charge on any atom is 0.140 e. The van der Waals surface area contributed by atoms with E-state index in [0.717, 1.165) is 17.0 Å². The van der Waals surface area contributed by atoms with Gasteiger partial charge in [0, 0.05) is 5.56 Å². The molecule has 0 saturated heterocycles. The second-order valence-corrected chi connectivity index (χ2v) is 5.80. The number of imidazole rings is 1. The van der Waals surface area contributed by atoms with E-state index in [1.54, 1.807) is 31.5 Å². The molecule has 0 radical (unpaired) electrons. The van der Waals surface area contributed by atoms with Gasteiger partial charge in [0.1, 0.15) is 17.7 Å². The number of ether oxygens (including phenoxy) is 1. The largest absolute Gasteiger partial charge is 0.497 e. The number of rotatable bonds is 4. The molecule has 1 unspecified atom stereocenters. The average molecular weight is 349 g/mol. The topological polar surface area (TPSA) is 58.1 Å². The smallest absolute Gasteiger partial charge is 0.140 e. The Labute approximate surface area is 143 Å². The summed E-state index contributed by atoms with van der Waals surface area (Å²) in [6.07, 6.45) is 0.759. The Bertz CT molecular complexity index is 833. The van der Waals surface area contributed by atoms with Gasteiger partial charge in [-0.2, -0.15) is 0 Å². The first-order chi connectivity index (χ1) is 11.1. The number of hydrogen-bond donors (Lipinski definition) is 2. The van der Waals surface area contributed by atoms with E-state index in [2.05, 4.69) is 9.97 Å². The van der Waals surface area contributed by atoms with Gasteiger partial charge in [-0.1, -0.05) is 41.4 Å². The number of nitrogens with zero attached hydrogens (tertiary/aromatic N) is 1. The van der Waals surface area contributed by atoms with Crippen LogP contribution in [-0.2, 0) is 0 Å². The zero-order valence-corrected chi connectivity index (χ0v) is 13.8. The van der Waals surface area contributed by atoms with Gasteiger partial charge in [0.25, 0.3) is 0 Å². The molecule has 118 valence electrons. The summed E-state index contributed by atoms with van der Waals surface area (Å²) in [7, 11) is 1.62. The molecule has 23 heavy (non-hydrogen) atoms. The average Bonchev–Trinajstić information content (AvgIpc) is 3.07. The van der Waals surface area contributed by atoms with E-state index in [1.165, 1.54) is 0 Å². The summed E-state index contributed by atoms with van der Waals surface area (Å²) in [5, 5.41) is 11.3. The molecule has 0 saturated carbocycles. The second kappa shape index (κ2) is 6.62. The van der Waals surface area contributed by atoms with E-state index in [9.17, 15) is 5.11 Å². The molecular formula is C17H14Cl2N2O2. The molecule has 3 aromatic rings. The zero-order valence-electron chi connectivity index (χ0n) is 12.3. The van der Waals surface area contributed by atoms with Crippen molar-refractivity contribution in [3.63, 3.8) is 0 Å². The summed E-state index contributed by atoms with van der Waals surface area (Å²) in [4.78, 5) is 7.37. The maximum absolute atomic E-state index is 10.4. The van der Waals surface area contributed by atoms with Crippen molar-refractivity contribution >= 4 is 23.2 Å². The van der Waals surface area contributed by atoms with Crippen molar-refractivity contribution in [1.29, 1.82) is 0 Å². The molecule has 1 atom stereocenters. The van der Waals surface area contributed by atoms with Crippen molar-refractivity contribution in [2.45, 2.75) is 6.10 Å². The summed E-state index contributed by atoms with van der Waals surface area (Å²) in [5.41, 5.74) is 2.33. The number of methoxy groups -OCH3 is 1. The first-order valence-corrected chi connectivity index (χ1v) is 7.66. The van der Waals surface area contributed by atoms with Crippen molar-refractivity contribution in [1.82, 2.24) is 9.97 Å². The number of nitrogens with one attached hydrogen (secondary N) is 1. The molecule has 3 rings (SSSR count). The summed E-state index contributed by atoms with van der Waals surface area (Å²) < 4.78 is 5.21. The van der Waals surface area contributed by atoms with Gasteiger partial charge in [-0.05, 0) is 29.8 Å². The second-order valence-electron chi connectivity index (χ2n) is 4.99. The molecule has 0 amide bonds. The van der Waals surface area contributed by atoms with Crippen LogP contribution in [0.4, 0.5) is 0 Å². The Morgan fingerprint density at radius 3 is 2.70 bits per heavy atom. The highest BCUT2D eigenvalue weighted by Gasteiger charge is 2.16. The number of hydrogen-bond acceptors (Lipinski definition) is 3. The third-order valence-electron chi connectivity index (χ3n) is 3.49. The van der Waals surface area contributed by atoms with Crippen molar-refractivity contribution in [2.24, 2.45) is 0 Å². The summed E-state index contributed by atoms with van der Waals surface area (Å²) >= 11 is 11.9. The normalized spacial score (nSPS) is 12.2. The van der Waals surface area contributed by atoms with Gasteiger partial charge >= 0.3 is 0 Å². The van der Waals surface area contributed by atoms with E-state index < -0.39 is 6.10 Å². The first kappa shape index (κ1) is 15.9. The van der Waals surface area contributed by atoms with Gasteiger partial charge in [-0.3, -0.25) is 0 Å². The lowest BCUT2D eigenvalue weighted by Gasteiger charge is -2.09. The highest BCUT2D eigenvalue weighted by Crippen LogP contribution is 2.29. The third-order valence-corrected chi connectivity index (χ3v) is 4.23. The van der Waals surface area contributed by atoms with Crippen LogP contribution in [0.2, 0.25) is 10.0 Å². The highest BCUT2D eigenvalue weighted by atomic mass is 35.5. The van der Waals surface area contributed by atoms with Gasteiger partial charge in [-0.15, -0.1) is 0 Å². The Balaban J connectivity index is 1.89. The van der Waals surface area contributed by atoms with Crippen molar-refractivity contribution in [2.75, 3.05) is 7.11 Å². The summed E-state index contributed by atoms with van der Waals surface area (Å²) in [6.45, 7) is 0. The van der Waals surface area contributed by atoms with Crippen LogP contribution >= 0.6 is 23.2 Å². The molecule has 0 spiro atoms. The predicted octanol–water partition coefficient (Wildman–Crippen LogP) is 4.47. The van der Waals surface area contributed by atoms with Gasteiger partial charge in [0.05, 0.1) is 29.0 Å². The van der Waals surface area contributed by atoms with Crippen LogP contribution in [0.15, 0.2) is 48.7 Å². The number of aromatic nitrogens is 2. The Kier molecular flexibility index (Phi) is 4.57. The number of H-pyrrole nitrogens is 1. The van der Waals surface area contributed by atoms with Crippen LogP contribution in [0, 0.1) is 0 Å². The Morgan fingerprint density at radius 1 is 1.13 bits per heavy atom. The van der Waals surface area contributed by atoms with Crippen LogP contribution in [0.3, 0.4) is 0 Å². The fraction of sp³-hybridized carbons (Fsp3) is 0.118. The predicted molar refractivity (Wildman–Crippen MR) is 91.1 cm³/mol. The number of benzene rings is 2. The van der Waals surface area contributed by atoms with E-state index in [4.69, 9.17) is 27.9 Å². The minimum absolute atomic E-state index is 0.391. The van der Waals surface area contributed by atoms with Crippen LogP contribution < -0.4 is 4.74 Å².